The number of furan rings is 1. The summed E-state index contributed by atoms with van der Waals surface area (Å²) >= 11 is 1.84. The number of hydrogen-bond donors (Lipinski definition) is 0. The molecule has 4 heterocycles. The van der Waals surface area contributed by atoms with Gasteiger partial charge in [-0.1, -0.05) is 164 Å². The molecule has 0 spiro atoms. The van der Waals surface area contributed by atoms with Crippen molar-refractivity contribution >= 4 is 75.3 Å². The summed E-state index contributed by atoms with van der Waals surface area (Å²) in [5, 5.41) is 6.95. The standard InChI is InChI=1S/C63H38N4OS/c1-3-15-39(16-4-1)41-19-11-21-44(35-41)61-64-62(45-22-12-20-42(36-45)40-17-5-2-6-18-40)66-63(65-61)50-26-13-29-56-59(50)51-37-43(31-33-55(51)68-56)47-25-14-30-58-60(47)52-38-46(32-34-57(52)69-58)67-53-27-9-7-23-48(53)49-24-8-10-28-54(49)67/h1-38H. The number of benzene rings is 10. The van der Waals surface area contributed by atoms with E-state index in [1.54, 1.807) is 0 Å². The first-order chi connectivity index (χ1) is 34.2. The van der Waals surface area contributed by atoms with E-state index < -0.39 is 0 Å². The van der Waals surface area contributed by atoms with E-state index in [1.807, 2.05) is 35.6 Å². The molecule has 0 fully saturated rings. The van der Waals surface area contributed by atoms with E-state index in [0.29, 0.717) is 17.5 Å². The van der Waals surface area contributed by atoms with Crippen LogP contribution < -0.4 is 0 Å². The zero-order valence-corrected chi connectivity index (χ0v) is 37.9. The molecule has 0 atom stereocenters. The molecule has 14 aromatic rings. The Labute approximate surface area is 400 Å². The van der Waals surface area contributed by atoms with E-state index in [0.717, 1.165) is 72.1 Å². The lowest BCUT2D eigenvalue weighted by atomic mass is 9.97. The highest BCUT2D eigenvalue weighted by Crippen LogP contribution is 2.44. The van der Waals surface area contributed by atoms with Gasteiger partial charge in [0.2, 0.25) is 0 Å². The van der Waals surface area contributed by atoms with Crippen molar-refractivity contribution in [1.29, 1.82) is 0 Å². The lowest BCUT2D eigenvalue weighted by molar-refractivity contribution is 0.669. The Morgan fingerprint density at radius 3 is 1.57 bits per heavy atom. The molecule has 0 aliphatic carbocycles. The maximum atomic E-state index is 6.66. The van der Waals surface area contributed by atoms with Crippen LogP contribution in [0.15, 0.2) is 235 Å². The van der Waals surface area contributed by atoms with Crippen LogP contribution in [-0.2, 0) is 0 Å². The molecule has 0 saturated carbocycles. The summed E-state index contributed by atoms with van der Waals surface area (Å²) in [5.41, 5.74) is 14.5. The van der Waals surface area contributed by atoms with Crippen molar-refractivity contribution in [2.75, 3.05) is 0 Å². The molecular formula is C63H38N4OS. The van der Waals surface area contributed by atoms with Gasteiger partial charge in [0.05, 0.1) is 11.0 Å². The number of fused-ring (bicyclic) bond motifs is 9. The normalized spacial score (nSPS) is 11.8. The predicted molar refractivity (Wildman–Crippen MR) is 287 cm³/mol. The Bertz CT molecular complexity index is 4160. The molecule has 0 unspecified atom stereocenters. The van der Waals surface area contributed by atoms with Crippen molar-refractivity contribution in [2.45, 2.75) is 0 Å². The zero-order valence-electron chi connectivity index (χ0n) is 37.0. The number of nitrogens with zero attached hydrogens (tertiary/aromatic N) is 4. The molecule has 0 N–H and O–H groups in total. The van der Waals surface area contributed by atoms with Gasteiger partial charge in [0.25, 0.3) is 0 Å². The molecule has 0 radical (unpaired) electrons. The van der Waals surface area contributed by atoms with Crippen LogP contribution in [0.25, 0.3) is 137 Å². The monoisotopic (exact) mass is 898 g/mol. The van der Waals surface area contributed by atoms with E-state index in [9.17, 15) is 0 Å². The SMILES string of the molecule is c1ccc(-c2cccc(-c3nc(-c4cccc(-c5ccccc5)c4)nc(-c4cccc5oc6ccc(-c7cccc8sc9ccc(-n%10c%11ccccc%11c%11ccccc%11%10)cc9c78)cc6c45)n3)c2)cc1. The van der Waals surface area contributed by atoms with Crippen LogP contribution in [0.4, 0.5) is 0 Å². The van der Waals surface area contributed by atoms with Crippen molar-refractivity contribution in [3.63, 3.8) is 0 Å². The fourth-order valence-corrected chi connectivity index (χ4v) is 11.4. The fourth-order valence-electron chi connectivity index (χ4n) is 10.3. The van der Waals surface area contributed by atoms with Gasteiger partial charge in [-0.25, -0.2) is 15.0 Å². The average molecular weight is 899 g/mol. The van der Waals surface area contributed by atoms with Crippen LogP contribution >= 0.6 is 11.3 Å². The molecule has 10 aromatic carbocycles. The van der Waals surface area contributed by atoms with Gasteiger partial charge in [0.1, 0.15) is 11.2 Å². The molecule has 322 valence electrons. The van der Waals surface area contributed by atoms with Gasteiger partial charge in [-0.3, -0.25) is 0 Å². The fraction of sp³-hybridized carbons (Fsp3) is 0. The Balaban J connectivity index is 0.947. The summed E-state index contributed by atoms with van der Waals surface area (Å²) in [6.45, 7) is 0. The average Bonchev–Trinajstić information content (AvgIpc) is 4.10. The summed E-state index contributed by atoms with van der Waals surface area (Å²) in [4.78, 5) is 15.8. The van der Waals surface area contributed by atoms with Gasteiger partial charge in [-0.15, -0.1) is 11.3 Å². The van der Waals surface area contributed by atoms with Gasteiger partial charge < -0.3 is 8.98 Å². The van der Waals surface area contributed by atoms with E-state index in [1.165, 1.54) is 47.5 Å². The Morgan fingerprint density at radius 2 is 0.884 bits per heavy atom. The van der Waals surface area contributed by atoms with Crippen molar-refractivity contribution in [1.82, 2.24) is 19.5 Å². The molecule has 0 aliphatic heterocycles. The van der Waals surface area contributed by atoms with Crippen LogP contribution in [0.3, 0.4) is 0 Å². The highest BCUT2D eigenvalue weighted by Gasteiger charge is 2.21. The third-order valence-electron chi connectivity index (χ3n) is 13.5. The summed E-state index contributed by atoms with van der Waals surface area (Å²) in [6, 6.07) is 81.5. The third kappa shape index (κ3) is 6.56. The number of para-hydroxylation sites is 2. The van der Waals surface area contributed by atoms with E-state index >= 15 is 0 Å². The molecule has 69 heavy (non-hydrogen) atoms. The molecule has 5 nitrogen and oxygen atoms in total. The van der Waals surface area contributed by atoms with Crippen LogP contribution in [-0.4, -0.2) is 19.5 Å². The second kappa shape index (κ2) is 15.8. The van der Waals surface area contributed by atoms with Gasteiger partial charge in [-0.05, 0) is 100 Å². The minimum Gasteiger partial charge on any atom is -0.456 e. The van der Waals surface area contributed by atoms with Gasteiger partial charge in [-0.2, -0.15) is 0 Å². The third-order valence-corrected chi connectivity index (χ3v) is 14.6. The van der Waals surface area contributed by atoms with Crippen LogP contribution in [0.5, 0.6) is 0 Å². The molecule has 0 amide bonds. The number of thiophene rings is 1. The van der Waals surface area contributed by atoms with Gasteiger partial charge in [0, 0.05) is 64.1 Å². The second-order valence-corrected chi connectivity index (χ2v) is 18.6. The molecule has 4 aromatic heterocycles. The Kier molecular flexibility index (Phi) is 9.00. The Hall–Kier alpha value is -8.97. The quantitative estimate of drug-likeness (QED) is 0.160. The number of rotatable bonds is 7. The lowest BCUT2D eigenvalue weighted by Gasteiger charge is -2.11. The van der Waals surface area contributed by atoms with Crippen molar-refractivity contribution in [2.24, 2.45) is 0 Å². The topological polar surface area (TPSA) is 56.7 Å². The maximum absolute atomic E-state index is 6.66. The molecule has 14 rings (SSSR count). The van der Waals surface area contributed by atoms with Crippen molar-refractivity contribution < 1.29 is 4.42 Å². The minimum absolute atomic E-state index is 0.576. The van der Waals surface area contributed by atoms with E-state index in [2.05, 4.69) is 211 Å². The zero-order chi connectivity index (χ0) is 45.4. The molecule has 6 heteroatoms. The van der Waals surface area contributed by atoms with Crippen LogP contribution in [0, 0.1) is 0 Å². The van der Waals surface area contributed by atoms with Gasteiger partial charge in [0.15, 0.2) is 17.5 Å². The number of aromatic nitrogens is 4. The molecule has 0 saturated heterocycles. The summed E-state index contributed by atoms with van der Waals surface area (Å²) in [5.74, 6) is 1.77. The molecule has 0 bridgehead atoms. The summed E-state index contributed by atoms with van der Waals surface area (Å²) in [6.07, 6.45) is 0. The molecular weight excluding hydrogens is 861 g/mol. The van der Waals surface area contributed by atoms with Crippen LogP contribution in [0.2, 0.25) is 0 Å². The van der Waals surface area contributed by atoms with E-state index in [4.69, 9.17) is 19.4 Å². The summed E-state index contributed by atoms with van der Waals surface area (Å²) < 4.78 is 11.6. The number of hydrogen-bond acceptors (Lipinski definition) is 5. The highest BCUT2D eigenvalue weighted by molar-refractivity contribution is 7.26. The predicted octanol–water partition coefficient (Wildman–Crippen LogP) is 17.2. The first-order valence-electron chi connectivity index (χ1n) is 23.2. The first kappa shape index (κ1) is 39.2. The van der Waals surface area contributed by atoms with Crippen LogP contribution in [0.1, 0.15) is 0 Å². The van der Waals surface area contributed by atoms with Crippen molar-refractivity contribution in [3.05, 3.63) is 231 Å². The summed E-state index contributed by atoms with van der Waals surface area (Å²) in [7, 11) is 0. The smallest absolute Gasteiger partial charge is 0.164 e. The largest absolute Gasteiger partial charge is 0.456 e. The Morgan fingerprint density at radius 1 is 0.319 bits per heavy atom. The first-order valence-corrected chi connectivity index (χ1v) is 24.0. The lowest BCUT2D eigenvalue weighted by Crippen LogP contribution is -2.00. The molecule has 0 aliphatic rings. The minimum atomic E-state index is 0.576. The maximum Gasteiger partial charge on any atom is 0.164 e. The van der Waals surface area contributed by atoms with E-state index in [-0.39, 0.29) is 0 Å². The van der Waals surface area contributed by atoms with Gasteiger partial charge >= 0.3 is 0 Å². The highest BCUT2D eigenvalue weighted by atomic mass is 32.1. The second-order valence-electron chi connectivity index (χ2n) is 17.5. The van der Waals surface area contributed by atoms with Crippen molar-refractivity contribution in [3.8, 4) is 73.2 Å².